The SMILES string of the molecule is CN(C)C(OS(=O)(=O)OC(N(C)C)=S(C)C)=S(C)C. The van der Waals surface area contributed by atoms with Crippen molar-refractivity contribution in [2.45, 2.75) is 0 Å². The highest BCUT2D eigenvalue weighted by Gasteiger charge is 2.22. The molecule has 0 N–H and O–H groups in total. The highest BCUT2D eigenvalue weighted by atomic mass is 32.3. The van der Waals surface area contributed by atoms with Crippen LogP contribution < -0.4 is 0 Å². The zero-order chi connectivity index (χ0) is 15.4. The van der Waals surface area contributed by atoms with E-state index < -0.39 is 10.4 Å². The topological polar surface area (TPSA) is 59.1 Å². The lowest BCUT2D eigenvalue weighted by Gasteiger charge is -2.19. The molecule has 0 aliphatic heterocycles. The molecule has 0 rings (SSSR count). The molecular formula is C10H24N2O4S3. The van der Waals surface area contributed by atoms with Crippen LogP contribution in [0, 0.1) is 0 Å². The molecule has 0 unspecified atom stereocenters. The molecule has 0 saturated carbocycles. The lowest BCUT2D eigenvalue weighted by Crippen LogP contribution is -2.32. The maximum Gasteiger partial charge on any atom is 0.412 e. The van der Waals surface area contributed by atoms with Gasteiger partial charge in [-0.1, -0.05) is 0 Å². The van der Waals surface area contributed by atoms with Crippen molar-refractivity contribution in [3.05, 3.63) is 0 Å². The summed E-state index contributed by atoms with van der Waals surface area (Å²) in [6.45, 7) is 0. The molecule has 0 aromatic rings. The van der Waals surface area contributed by atoms with Crippen molar-refractivity contribution in [3.63, 3.8) is 0 Å². The molecule has 0 aromatic carbocycles. The Morgan fingerprint density at radius 3 is 1.21 bits per heavy atom. The smallest absolute Gasteiger partial charge is 0.255 e. The Kier molecular flexibility index (Phi) is 7.96. The van der Waals surface area contributed by atoms with Gasteiger partial charge in [0.1, 0.15) is 0 Å². The molecule has 0 spiro atoms. The highest BCUT2D eigenvalue weighted by Crippen LogP contribution is 2.14. The average Bonchev–Trinajstić information content (AvgIpc) is 2.21. The summed E-state index contributed by atoms with van der Waals surface area (Å²) in [5, 5.41) is 0.732. The number of hydrogen-bond donors (Lipinski definition) is 0. The Hall–Kier alpha value is 0.230. The summed E-state index contributed by atoms with van der Waals surface area (Å²) in [5.41, 5.74) is 0. The molecule has 6 nitrogen and oxygen atoms in total. The van der Waals surface area contributed by atoms with E-state index in [4.69, 9.17) is 8.37 Å². The summed E-state index contributed by atoms with van der Waals surface area (Å²) in [4.78, 5) is 3.27. The van der Waals surface area contributed by atoms with Gasteiger partial charge in [-0.15, -0.1) is 21.0 Å². The highest BCUT2D eigenvalue weighted by molar-refractivity contribution is 8.15. The fourth-order valence-electron chi connectivity index (χ4n) is 1.21. The Morgan fingerprint density at radius 2 is 1.05 bits per heavy atom. The molecule has 9 heteroatoms. The lowest BCUT2D eigenvalue weighted by molar-refractivity contribution is 0.342. The average molecular weight is 333 g/mol. The van der Waals surface area contributed by atoms with Crippen molar-refractivity contribution >= 4 is 41.7 Å². The minimum Gasteiger partial charge on any atom is -0.255 e. The van der Waals surface area contributed by atoms with Crippen molar-refractivity contribution in [3.8, 4) is 0 Å². The summed E-state index contributed by atoms with van der Waals surface area (Å²) in [7, 11) is 2.18. The van der Waals surface area contributed by atoms with Crippen molar-refractivity contribution < 1.29 is 16.8 Å². The van der Waals surface area contributed by atoms with Gasteiger partial charge in [-0.2, -0.15) is 16.8 Å². The molecule has 0 bridgehead atoms. The third-order valence-corrected chi connectivity index (χ3v) is 5.00. The second-order valence-electron chi connectivity index (χ2n) is 4.53. The first-order chi connectivity index (χ1) is 8.48. The standard InChI is InChI=1S/C10H24N2O4S3/c1-11(2)9(17(5)6)15-19(13,14)16-10(12(3)4)18(7)8/h1-8H3. The first kappa shape index (κ1) is 19.2. The normalized spacial score (nSPS) is 12.8. The Labute approximate surface area is 121 Å². The van der Waals surface area contributed by atoms with Crippen LogP contribution in [-0.2, 0) is 18.8 Å². The quantitative estimate of drug-likeness (QED) is 0.691. The van der Waals surface area contributed by atoms with Gasteiger partial charge >= 0.3 is 10.4 Å². The largest absolute Gasteiger partial charge is 0.412 e. The van der Waals surface area contributed by atoms with Gasteiger partial charge in [-0.05, 0) is 53.2 Å². The monoisotopic (exact) mass is 332 g/mol. The van der Waals surface area contributed by atoms with Crippen molar-refractivity contribution in [2.24, 2.45) is 0 Å². The van der Waals surface area contributed by atoms with E-state index in [0.717, 1.165) is 0 Å². The van der Waals surface area contributed by atoms with Crippen LogP contribution in [0.1, 0.15) is 0 Å². The molecule has 0 heterocycles. The van der Waals surface area contributed by atoms with Crippen molar-refractivity contribution in [1.82, 2.24) is 9.80 Å². The third-order valence-electron chi connectivity index (χ3n) is 1.78. The van der Waals surface area contributed by atoms with Gasteiger partial charge in [0.25, 0.3) is 0 Å². The Balaban J connectivity index is 5.24. The fourth-order valence-corrected chi connectivity index (χ4v) is 4.94. The molecule has 0 fully saturated rings. The van der Waals surface area contributed by atoms with Crippen LogP contribution in [-0.4, -0.2) is 81.8 Å². The zero-order valence-electron chi connectivity index (χ0n) is 12.8. The molecule has 0 amide bonds. The maximum atomic E-state index is 11.9. The van der Waals surface area contributed by atoms with Gasteiger partial charge in [0.15, 0.2) is 10.3 Å². The molecule has 116 valence electrons. The molecule has 19 heavy (non-hydrogen) atoms. The van der Waals surface area contributed by atoms with Crippen LogP contribution in [0.5, 0.6) is 0 Å². The first-order valence-electron chi connectivity index (χ1n) is 5.35. The first-order valence-corrected chi connectivity index (χ1v) is 10.8. The number of nitrogens with zero attached hydrogens (tertiary/aromatic N) is 2. The molecule has 0 radical (unpaired) electrons. The maximum absolute atomic E-state index is 11.9. The summed E-state index contributed by atoms with van der Waals surface area (Å²) in [6, 6.07) is 0. The van der Waals surface area contributed by atoms with Crippen LogP contribution in [0.25, 0.3) is 0 Å². The van der Waals surface area contributed by atoms with Crippen LogP contribution >= 0.6 is 21.0 Å². The summed E-state index contributed by atoms with van der Waals surface area (Å²) >= 11 is 0. The number of rotatable bonds is 2. The lowest BCUT2D eigenvalue weighted by atomic mass is 10.9. The molecule has 0 aliphatic carbocycles. The van der Waals surface area contributed by atoms with Gasteiger partial charge < -0.3 is 0 Å². The summed E-state index contributed by atoms with van der Waals surface area (Å²) in [5.74, 6) is 0. The van der Waals surface area contributed by atoms with E-state index in [1.54, 1.807) is 38.0 Å². The van der Waals surface area contributed by atoms with Crippen LogP contribution in [0.2, 0.25) is 0 Å². The van der Waals surface area contributed by atoms with Crippen LogP contribution in [0.4, 0.5) is 0 Å². The second-order valence-corrected chi connectivity index (χ2v) is 9.64. The predicted octanol–water partition coefficient (Wildman–Crippen LogP) is 0.619. The minimum absolute atomic E-state index is 0.326. The zero-order valence-corrected chi connectivity index (χ0v) is 15.2. The number of hydrogen-bond acceptors (Lipinski definition) is 4. The van der Waals surface area contributed by atoms with Gasteiger partial charge in [0, 0.05) is 0 Å². The van der Waals surface area contributed by atoms with Gasteiger partial charge in [0.05, 0.1) is 0 Å². The molecular weight excluding hydrogens is 308 g/mol. The van der Waals surface area contributed by atoms with Crippen LogP contribution in [0.15, 0.2) is 0 Å². The Morgan fingerprint density at radius 1 is 0.789 bits per heavy atom. The minimum atomic E-state index is -4.10. The predicted molar refractivity (Wildman–Crippen MR) is 87.4 cm³/mol. The van der Waals surface area contributed by atoms with E-state index in [1.807, 2.05) is 25.0 Å². The molecule has 0 aliphatic rings. The van der Waals surface area contributed by atoms with Gasteiger partial charge in [-0.25, -0.2) is 0 Å². The van der Waals surface area contributed by atoms with Crippen molar-refractivity contribution in [1.29, 1.82) is 0 Å². The van der Waals surface area contributed by atoms with Crippen LogP contribution in [0.3, 0.4) is 0 Å². The third kappa shape index (κ3) is 6.98. The summed E-state index contributed by atoms with van der Waals surface area (Å²) in [6.07, 6.45) is 7.52. The molecule has 0 saturated heterocycles. The Bertz CT molecular complexity index is 435. The molecule has 0 atom stereocenters. The molecule has 0 aromatic heterocycles. The van der Waals surface area contributed by atoms with Crippen molar-refractivity contribution in [2.75, 3.05) is 53.2 Å². The van der Waals surface area contributed by atoms with Gasteiger partial charge in [-0.3, -0.25) is 9.80 Å². The summed E-state index contributed by atoms with van der Waals surface area (Å²) < 4.78 is 34.0. The van der Waals surface area contributed by atoms with E-state index >= 15 is 0 Å². The van der Waals surface area contributed by atoms with E-state index in [0.29, 0.717) is 10.3 Å². The van der Waals surface area contributed by atoms with E-state index in [2.05, 4.69) is 0 Å². The van der Waals surface area contributed by atoms with E-state index in [9.17, 15) is 8.42 Å². The second kappa shape index (κ2) is 7.87. The van der Waals surface area contributed by atoms with E-state index in [1.165, 1.54) is 0 Å². The van der Waals surface area contributed by atoms with Gasteiger partial charge in [0.2, 0.25) is 0 Å². The fraction of sp³-hybridized carbons (Fsp3) is 0.800. The van der Waals surface area contributed by atoms with E-state index in [-0.39, 0.29) is 21.0 Å².